The van der Waals surface area contributed by atoms with Crippen molar-refractivity contribution in [1.29, 1.82) is 0 Å². The quantitative estimate of drug-likeness (QED) is 0.684. The number of aryl methyl sites for hydroxylation is 1. The third kappa shape index (κ3) is 3.75. The molecule has 146 valence electrons. The smallest absolute Gasteiger partial charge is 0.220 e. The predicted octanol–water partition coefficient (Wildman–Crippen LogP) is 4.58. The number of hydrogen-bond donors (Lipinski definition) is 1. The van der Waals surface area contributed by atoms with Gasteiger partial charge in [0.2, 0.25) is 5.91 Å². The van der Waals surface area contributed by atoms with Crippen molar-refractivity contribution in [1.82, 2.24) is 14.9 Å². The summed E-state index contributed by atoms with van der Waals surface area (Å²) >= 11 is 0. The number of carbonyl (C=O) groups is 1. The molecule has 0 spiro atoms. The number of imidazole rings is 1. The molecule has 1 atom stereocenters. The Hall–Kier alpha value is -2.82. The Morgan fingerprint density at radius 1 is 1.21 bits per heavy atom. The minimum absolute atomic E-state index is 0.0396. The number of para-hydroxylation sites is 3. The summed E-state index contributed by atoms with van der Waals surface area (Å²) in [6, 6.07) is 16.2. The van der Waals surface area contributed by atoms with Crippen LogP contribution in [0, 0.1) is 0 Å². The van der Waals surface area contributed by atoms with Gasteiger partial charge in [-0.3, -0.25) is 4.79 Å². The van der Waals surface area contributed by atoms with Crippen molar-refractivity contribution in [3.05, 3.63) is 59.9 Å². The molecule has 28 heavy (non-hydrogen) atoms. The lowest BCUT2D eigenvalue weighted by Crippen LogP contribution is -2.32. The zero-order chi connectivity index (χ0) is 19.5. The molecule has 3 aromatic rings. The fourth-order valence-electron chi connectivity index (χ4n) is 3.93. The van der Waals surface area contributed by atoms with Gasteiger partial charge in [-0.15, -0.1) is 0 Å². The Labute approximate surface area is 165 Å². The molecule has 0 aliphatic carbocycles. The molecule has 1 amide bonds. The largest absolute Gasteiger partial charge is 0.493 e. The van der Waals surface area contributed by atoms with Gasteiger partial charge in [0, 0.05) is 30.9 Å². The number of nitrogens with one attached hydrogen (secondary N) is 1. The van der Waals surface area contributed by atoms with Crippen LogP contribution in [0.3, 0.4) is 0 Å². The van der Waals surface area contributed by atoms with Crippen LogP contribution in [0.4, 0.5) is 0 Å². The highest BCUT2D eigenvalue weighted by atomic mass is 16.5. The van der Waals surface area contributed by atoms with Crippen molar-refractivity contribution in [2.24, 2.45) is 0 Å². The molecule has 1 aliphatic heterocycles. The van der Waals surface area contributed by atoms with E-state index in [1.54, 1.807) is 0 Å². The minimum atomic E-state index is 0.0396. The van der Waals surface area contributed by atoms with Crippen LogP contribution >= 0.6 is 0 Å². The van der Waals surface area contributed by atoms with Crippen molar-refractivity contribution in [3.63, 3.8) is 0 Å². The Morgan fingerprint density at radius 3 is 2.86 bits per heavy atom. The molecule has 0 bridgehead atoms. The molecule has 0 radical (unpaired) electrons. The van der Waals surface area contributed by atoms with E-state index in [2.05, 4.69) is 29.8 Å². The van der Waals surface area contributed by atoms with Crippen LogP contribution in [-0.4, -0.2) is 22.1 Å². The van der Waals surface area contributed by atoms with E-state index >= 15 is 0 Å². The van der Waals surface area contributed by atoms with Crippen LogP contribution < -0.4 is 10.1 Å². The van der Waals surface area contributed by atoms with Gasteiger partial charge in [0.05, 0.1) is 23.7 Å². The van der Waals surface area contributed by atoms with Gasteiger partial charge in [-0.05, 0) is 24.6 Å². The van der Waals surface area contributed by atoms with Crippen molar-refractivity contribution < 1.29 is 9.53 Å². The fourth-order valence-corrected chi connectivity index (χ4v) is 3.93. The van der Waals surface area contributed by atoms with Crippen LogP contribution in [0.5, 0.6) is 5.75 Å². The summed E-state index contributed by atoms with van der Waals surface area (Å²) in [4.78, 5) is 17.3. The molecule has 1 aromatic heterocycles. The van der Waals surface area contributed by atoms with Gasteiger partial charge < -0.3 is 14.6 Å². The van der Waals surface area contributed by atoms with Gasteiger partial charge in [0.15, 0.2) is 0 Å². The summed E-state index contributed by atoms with van der Waals surface area (Å²) in [5.74, 6) is 2.41. The van der Waals surface area contributed by atoms with Crippen LogP contribution in [0.25, 0.3) is 11.0 Å². The lowest BCUT2D eigenvalue weighted by Gasteiger charge is -2.26. The maximum atomic E-state index is 12.6. The van der Waals surface area contributed by atoms with Crippen LogP contribution in [0.1, 0.15) is 56.5 Å². The molecule has 2 heterocycles. The van der Waals surface area contributed by atoms with Crippen LogP contribution in [-0.2, 0) is 11.3 Å². The number of benzene rings is 2. The van der Waals surface area contributed by atoms with Crippen molar-refractivity contribution >= 4 is 16.9 Å². The van der Waals surface area contributed by atoms with Crippen LogP contribution in [0.2, 0.25) is 0 Å². The molecular weight excluding hydrogens is 350 g/mol. The van der Waals surface area contributed by atoms with E-state index in [-0.39, 0.29) is 11.9 Å². The first-order chi connectivity index (χ1) is 13.6. The topological polar surface area (TPSA) is 56.2 Å². The molecule has 2 aromatic carbocycles. The van der Waals surface area contributed by atoms with Gasteiger partial charge in [0.25, 0.3) is 0 Å². The van der Waals surface area contributed by atoms with E-state index in [1.807, 2.05) is 42.5 Å². The number of nitrogens with zero attached hydrogens (tertiary/aromatic N) is 2. The summed E-state index contributed by atoms with van der Waals surface area (Å²) in [5.41, 5.74) is 3.24. The molecule has 4 rings (SSSR count). The predicted molar refractivity (Wildman–Crippen MR) is 110 cm³/mol. The molecular formula is C23H27N3O2. The fraction of sp³-hybridized carbons (Fsp3) is 0.391. The maximum absolute atomic E-state index is 12.6. The van der Waals surface area contributed by atoms with E-state index in [9.17, 15) is 4.79 Å². The second-order valence-electron chi connectivity index (χ2n) is 7.66. The normalized spacial score (nSPS) is 16.0. The first-order valence-electron chi connectivity index (χ1n) is 10.1. The summed E-state index contributed by atoms with van der Waals surface area (Å²) in [6.07, 6.45) is 2.10. The monoisotopic (exact) mass is 377 g/mol. The molecule has 5 nitrogen and oxygen atoms in total. The third-order valence-electron chi connectivity index (χ3n) is 5.28. The molecule has 1 aliphatic rings. The van der Waals surface area contributed by atoms with Crippen LogP contribution in [0.15, 0.2) is 48.5 Å². The van der Waals surface area contributed by atoms with Gasteiger partial charge >= 0.3 is 0 Å². The molecule has 0 fully saturated rings. The van der Waals surface area contributed by atoms with Gasteiger partial charge in [-0.25, -0.2) is 4.98 Å². The lowest BCUT2D eigenvalue weighted by atomic mass is 10.0. The summed E-state index contributed by atoms with van der Waals surface area (Å²) in [7, 11) is 0. The molecule has 0 saturated heterocycles. The van der Waals surface area contributed by atoms with E-state index in [4.69, 9.17) is 9.72 Å². The van der Waals surface area contributed by atoms with Crippen molar-refractivity contribution in [3.8, 4) is 5.75 Å². The molecule has 1 N–H and O–H groups in total. The number of amides is 1. The summed E-state index contributed by atoms with van der Waals surface area (Å²) in [6.45, 7) is 5.76. The second-order valence-corrected chi connectivity index (χ2v) is 7.66. The SMILES string of the molecule is CC(C)c1nc2ccccc2n1CCCC(=O)N[C@H]1CCOc2ccccc21. The summed E-state index contributed by atoms with van der Waals surface area (Å²) < 4.78 is 7.94. The van der Waals surface area contributed by atoms with E-state index in [0.29, 0.717) is 18.9 Å². The molecule has 0 saturated carbocycles. The first-order valence-corrected chi connectivity index (χ1v) is 10.1. The minimum Gasteiger partial charge on any atom is -0.493 e. The van der Waals surface area contributed by atoms with Gasteiger partial charge in [-0.1, -0.05) is 44.2 Å². The maximum Gasteiger partial charge on any atom is 0.220 e. The highest BCUT2D eigenvalue weighted by Crippen LogP contribution is 2.31. The van der Waals surface area contributed by atoms with Gasteiger partial charge in [-0.2, -0.15) is 0 Å². The van der Waals surface area contributed by atoms with Crippen molar-refractivity contribution in [2.45, 2.75) is 51.6 Å². The second kappa shape index (κ2) is 8.05. The number of hydrogen-bond acceptors (Lipinski definition) is 3. The third-order valence-corrected chi connectivity index (χ3v) is 5.28. The zero-order valence-electron chi connectivity index (χ0n) is 16.5. The average Bonchev–Trinajstić information content (AvgIpc) is 3.07. The number of aromatic nitrogens is 2. The number of ether oxygens (including phenoxy) is 1. The first kappa shape index (κ1) is 18.5. The number of rotatable bonds is 6. The van der Waals surface area contributed by atoms with E-state index in [1.165, 1.54) is 0 Å². The Balaban J connectivity index is 1.39. The number of fused-ring (bicyclic) bond motifs is 2. The highest BCUT2D eigenvalue weighted by molar-refractivity contribution is 5.77. The Bertz CT molecular complexity index is 977. The van der Waals surface area contributed by atoms with Gasteiger partial charge in [0.1, 0.15) is 11.6 Å². The summed E-state index contributed by atoms with van der Waals surface area (Å²) in [5, 5.41) is 3.19. The highest BCUT2D eigenvalue weighted by Gasteiger charge is 2.22. The average molecular weight is 377 g/mol. The van der Waals surface area contributed by atoms with Crippen molar-refractivity contribution in [2.75, 3.05) is 6.61 Å². The Morgan fingerprint density at radius 2 is 2.00 bits per heavy atom. The van der Waals surface area contributed by atoms with E-state index in [0.717, 1.165) is 47.6 Å². The molecule has 0 unspecified atom stereocenters. The molecule has 5 heteroatoms. The standard InChI is InChI=1S/C23H27N3O2/c1-16(2)23-25-19-9-4-5-10-20(19)26(23)14-7-12-22(27)24-18-13-15-28-21-11-6-3-8-17(18)21/h3-6,8-11,16,18H,7,12-15H2,1-2H3,(H,24,27)/t18-/m0/s1. The zero-order valence-corrected chi connectivity index (χ0v) is 16.5. The van der Waals surface area contributed by atoms with E-state index < -0.39 is 0 Å². The lowest BCUT2D eigenvalue weighted by molar-refractivity contribution is -0.122. The Kier molecular flexibility index (Phi) is 5.33. The number of carbonyl (C=O) groups excluding carboxylic acids is 1.